The molecular weight excluding hydrogens is 336 g/mol. The molecular formula is C19H23ClN4O. The van der Waals surface area contributed by atoms with E-state index in [4.69, 9.17) is 11.6 Å². The zero-order chi connectivity index (χ0) is 17.6. The van der Waals surface area contributed by atoms with Crippen LogP contribution in [-0.2, 0) is 0 Å². The molecule has 2 aromatic rings. The first-order valence-electron chi connectivity index (χ1n) is 8.67. The van der Waals surface area contributed by atoms with E-state index in [0.717, 1.165) is 49.1 Å². The molecule has 0 bridgehead atoms. The Bertz CT molecular complexity index is 729. The summed E-state index contributed by atoms with van der Waals surface area (Å²) >= 11 is 6.09. The summed E-state index contributed by atoms with van der Waals surface area (Å²) in [6, 6.07) is 11.6. The number of hydrogen-bond acceptors (Lipinski definition) is 4. The largest absolute Gasteiger partial charge is 0.368 e. The third-order valence-corrected chi connectivity index (χ3v) is 4.56. The lowest BCUT2D eigenvalue weighted by Gasteiger charge is -2.36. The normalized spacial score (nSPS) is 14.5. The van der Waals surface area contributed by atoms with Gasteiger partial charge in [0.05, 0.1) is 0 Å². The summed E-state index contributed by atoms with van der Waals surface area (Å²) in [6.07, 6.45) is 2.63. The van der Waals surface area contributed by atoms with Gasteiger partial charge in [-0.05, 0) is 36.8 Å². The van der Waals surface area contributed by atoms with Gasteiger partial charge in [-0.15, -0.1) is 0 Å². The van der Waals surface area contributed by atoms with E-state index < -0.39 is 0 Å². The van der Waals surface area contributed by atoms with Crippen molar-refractivity contribution in [2.24, 2.45) is 0 Å². The number of carbonyl (C=O) groups excluding carboxylic acids is 1. The number of aromatic nitrogens is 1. The van der Waals surface area contributed by atoms with Gasteiger partial charge in [-0.25, -0.2) is 4.98 Å². The van der Waals surface area contributed by atoms with Crippen LogP contribution in [0.15, 0.2) is 42.6 Å². The van der Waals surface area contributed by atoms with Gasteiger partial charge < -0.3 is 15.1 Å². The monoisotopic (exact) mass is 358 g/mol. The van der Waals surface area contributed by atoms with Crippen molar-refractivity contribution in [2.75, 3.05) is 42.5 Å². The number of halogens is 1. The molecule has 0 radical (unpaired) electrons. The smallest absolute Gasteiger partial charge is 0.251 e. The number of rotatable bonds is 5. The van der Waals surface area contributed by atoms with E-state index in [9.17, 15) is 4.79 Å². The van der Waals surface area contributed by atoms with Crippen LogP contribution in [0.2, 0.25) is 5.02 Å². The molecule has 2 heterocycles. The fourth-order valence-corrected chi connectivity index (χ4v) is 3.12. The van der Waals surface area contributed by atoms with Crippen LogP contribution < -0.4 is 15.1 Å². The van der Waals surface area contributed by atoms with E-state index in [1.807, 2.05) is 31.2 Å². The van der Waals surface area contributed by atoms with Crippen molar-refractivity contribution in [3.8, 4) is 0 Å². The zero-order valence-corrected chi connectivity index (χ0v) is 15.2. The molecule has 0 saturated carbocycles. The summed E-state index contributed by atoms with van der Waals surface area (Å²) in [5.41, 5.74) is 1.81. The summed E-state index contributed by atoms with van der Waals surface area (Å²) in [6.45, 7) is 6.24. The SMILES string of the molecule is CCCNC(=O)c1ccnc(N2CCN(c3cccc(Cl)c3)CC2)c1. The third kappa shape index (κ3) is 4.42. The first-order valence-corrected chi connectivity index (χ1v) is 9.05. The molecule has 0 spiro atoms. The number of piperazine rings is 1. The summed E-state index contributed by atoms with van der Waals surface area (Å²) in [4.78, 5) is 21.1. The van der Waals surface area contributed by atoms with Gasteiger partial charge in [0, 0.05) is 55.2 Å². The lowest BCUT2D eigenvalue weighted by Crippen LogP contribution is -2.46. The van der Waals surface area contributed by atoms with Crippen LogP contribution in [-0.4, -0.2) is 43.6 Å². The Labute approximate surface area is 153 Å². The molecule has 1 aromatic carbocycles. The van der Waals surface area contributed by atoms with Gasteiger partial charge in [0.2, 0.25) is 0 Å². The van der Waals surface area contributed by atoms with Crippen LogP contribution in [0.3, 0.4) is 0 Å². The summed E-state index contributed by atoms with van der Waals surface area (Å²) in [5.74, 6) is 0.818. The van der Waals surface area contributed by atoms with E-state index in [1.54, 1.807) is 12.3 Å². The Hall–Kier alpha value is -2.27. The molecule has 1 saturated heterocycles. The summed E-state index contributed by atoms with van der Waals surface area (Å²) < 4.78 is 0. The van der Waals surface area contributed by atoms with Crippen molar-refractivity contribution in [2.45, 2.75) is 13.3 Å². The maximum atomic E-state index is 12.1. The molecule has 0 atom stereocenters. The quantitative estimate of drug-likeness (QED) is 0.891. The number of pyridine rings is 1. The predicted octanol–water partition coefficient (Wildman–Crippen LogP) is 3.20. The van der Waals surface area contributed by atoms with Gasteiger partial charge >= 0.3 is 0 Å². The average Bonchev–Trinajstić information content (AvgIpc) is 2.66. The molecule has 1 amide bonds. The highest BCUT2D eigenvalue weighted by Gasteiger charge is 2.19. The number of carbonyl (C=O) groups is 1. The van der Waals surface area contributed by atoms with Crippen LogP contribution in [0.5, 0.6) is 0 Å². The second kappa shape index (κ2) is 8.21. The minimum absolute atomic E-state index is 0.0388. The standard InChI is InChI=1S/C19H23ClN4O/c1-2-7-22-19(25)15-6-8-21-18(13-15)24-11-9-23(10-12-24)17-5-3-4-16(20)14-17/h3-6,8,13-14H,2,7,9-12H2,1H3,(H,22,25). The Balaban J connectivity index is 1.64. The highest BCUT2D eigenvalue weighted by atomic mass is 35.5. The highest BCUT2D eigenvalue weighted by molar-refractivity contribution is 6.30. The van der Waals surface area contributed by atoms with Crippen molar-refractivity contribution in [3.63, 3.8) is 0 Å². The van der Waals surface area contributed by atoms with Crippen LogP contribution in [0.25, 0.3) is 0 Å². The van der Waals surface area contributed by atoms with Gasteiger partial charge in [0.15, 0.2) is 0 Å². The molecule has 1 aromatic heterocycles. The maximum Gasteiger partial charge on any atom is 0.251 e. The van der Waals surface area contributed by atoms with Gasteiger partial charge in [0.1, 0.15) is 5.82 Å². The number of hydrogen-bond donors (Lipinski definition) is 1. The topological polar surface area (TPSA) is 48.5 Å². The minimum Gasteiger partial charge on any atom is -0.368 e. The number of anilines is 2. The Morgan fingerprint density at radius 2 is 1.92 bits per heavy atom. The second-order valence-electron chi connectivity index (χ2n) is 6.11. The predicted molar refractivity (Wildman–Crippen MR) is 103 cm³/mol. The molecule has 132 valence electrons. The van der Waals surface area contributed by atoms with Crippen molar-refractivity contribution in [1.82, 2.24) is 10.3 Å². The van der Waals surface area contributed by atoms with E-state index in [1.165, 1.54) is 0 Å². The van der Waals surface area contributed by atoms with E-state index in [0.29, 0.717) is 12.1 Å². The summed E-state index contributed by atoms with van der Waals surface area (Å²) in [7, 11) is 0. The first-order chi connectivity index (χ1) is 12.2. The summed E-state index contributed by atoms with van der Waals surface area (Å²) in [5, 5.41) is 3.66. The fourth-order valence-electron chi connectivity index (χ4n) is 2.94. The molecule has 1 aliphatic heterocycles. The molecule has 1 fully saturated rings. The first kappa shape index (κ1) is 17.5. The molecule has 5 nitrogen and oxygen atoms in total. The Kier molecular flexibility index (Phi) is 5.76. The van der Waals surface area contributed by atoms with Crippen molar-refractivity contribution >= 4 is 29.0 Å². The minimum atomic E-state index is -0.0388. The Morgan fingerprint density at radius 3 is 2.64 bits per heavy atom. The molecule has 1 N–H and O–H groups in total. The van der Waals surface area contributed by atoms with Gasteiger partial charge in [0.25, 0.3) is 5.91 Å². The molecule has 0 aliphatic carbocycles. The maximum absolute atomic E-state index is 12.1. The third-order valence-electron chi connectivity index (χ3n) is 4.32. The molecule has 6 heteroatoms. The molecule has 3 rings (SSSR count). The lowest BCUT2D eigenvalue weighted by molar-refractivity contribution is 0.0953. The van der Waals surface area contributed by atoms with Crippen molar-refractivity contribution < 1.29 is 4.79 Å². The zero-order valence-electron chi connectivity index (χ0n) is 14.4. The average molecular weight is 359 g/mol. The van der Waals surface area contributed by atoms with Gasteiger partial charge in [-0.3, -0.25) is 4.79 Å². The van der Waals surface area contributed by atoms with Crippen LogP contribution >= 0.6 is 11.6 Å². The van der Waals surface area contributed by atoms with E-state index >= 15 is 0 Å². The van der Waals surface area contributed by atoms with E-state index in [2.05, 4.69) is 26.2 Å². The van der Waals surface area contributed by atoms with Crippen molar-refractivity contribution in [1.29, 1.82) is 0 Å². The van der Waals surface area contributed by atoms with Crippen molar-refractivity contribution in [3.05, 3.63) is 53.2 Å². The van der Waals surface area contributed by atoms with Crippen LogP contribution in [0, 0.1) is 0 Å². The number of amides is 1. The number of nitrogens with zero attached hydrogens (tertiary/aromatic N) is 3. The van der Waals surface area contributed by atoms with E-state index in [-0.39, 0.29) is 5.91 Å². The fraction of sp³-hybridized carbons (Fsp3) is 0.368. The molecule has 25 heavy (non-hydrogen) atoms. The molecule has 1 aliphatic rings. The van der Waals surface area contributed by atoms with Crippen LogP contribution in [0.1, 0.15) is 23.7 Å². The van der Waals surface area contributed by atoms with Gasteiger partial charge in [-0.2, -0.15) is 0 Å². The highest BCUT2D eigenvalue weighted by Crippen LogP contribution is 2.22. The molecule has 0 unspecified atom stereocenters. The lowest BCUT2D eigenvalue weighted by atomic mass is 10.2. The van der Waals surface area contributed by atoms with Gasteiger partial charge in [-0.1, -0.05) is 24.6 Å². The Morgan fingerprint density at radius 1 is 1.16 bits per heavy atom. The second-order valence-corrected chi connectivity index (χ2v) is 6.55. The number of benzene rings is 1. The number of nitrogens with one attached hydrogen (secondary N) is 1. The van der Waals surface area contributed by atoms with Crippen LogP contribution in [0.4, 0.5) is 11.5 Å².